The first-order chi connectivity index (χ1) is 12.1. The van der Waals surface area contributed by atoms with E-state index >= 15 is 0 Å². The van der Waals surface area contributed by atoms with E-state index in [-0.39, 0.29) is 11.8 Å². The van der Waals surface area contributed by atoms with E-state index in [9.17, 15) is 9.59 Å². The highest BCUT2D eigenvalue weighted by molar-refractivity contribution is 6.32. The summed E-state index contributed by atoms with van der Waals surface area (Å²) in [7, 11) is 0. The average molecular weight is 363 g/mol. The zero-order valence-corrected chi connectivity index (χ0v) is 14.6. The quantitative estimate of drug-likeness (QED) is 0.839. The Balaban J connectivity index is 1.54. The molecule has 0 saturated carbocycles. The molecule has 1 aromatic heterocycles. The summed E-state index contributed by atoms with van der Waals surface area (Å²) in [5.74, 6) is 0.523. The Morgan fingerprint density at radius 3 is 2.40 bits per heavy atom. The Bertz CT molecular complexity index is 739. The Morgan fingerprint density at radius 2 is 1.76 bits per heavy atom. The number of hydrogen-bond donors (Lipinski definition) is 0. The van der Waals surface area contributed by atoms with E-state index in [1.165, 1.54) is 6.26 Å². The maximum atomic E-state index is 12.6. The zero-order chi connectivity index (χ0) is 17.8. The van der Waals surface area contributed by atoms with Crippen LogP contribution in [-0.4, -0.2) is 53.9 Å². The molecule has 1 aromatic carbocycles. The first-order valence-electron chi connectivity index (χ1n) is 8.09. The van der Waals surface area contributed by atoms with Crippen LogP contribution >= 0.6 is 11.6 Å². The molecule has 0 radical (unpaired) electrons. The summed E-state index contributed by atoms with van der Waals surface area (Å²) in [6.07, 6.45) is 0.827. The van der Waals surface area contributed by atoms with Crippen molar-refractivity contribution in [1.82, 2.24) is 9.80 Å². The van der Waals surface area contributed by atoms with Gasteiger partial charge in [-0.3, -0.25) is 9.59 Å². The van der Waals surface area contributed by atoms with Crippen LogP contribution in [0.5, 0.6) is 5.75 Å². The molecule has 0 unspecified atom stereocenters. The van der Waals surface area contributed by atoms with Gasteiger partial charge in [-0.2, -0.15) is 0 Å². The third kappa shape index (κ3) is 3.96. The van der Waals surface area contributed by atoms with Gasteiger partial charge in [0.15, 0.2) is 11.9 Å². The van der Waals surface area contributed by atoms with Gasteiger partial charge in [-0.15, -0.1) is 0 Å². The molecule has 1 aliphatic heterocycles. The number of hydrogen-bond acceptors (Lipinski definition) is 4. The van der Waals surface area contributed by atoms with Crippen LogP contribution in [0.3, 0.4) is 0 Å². The number of rotatable bonds is 4. The molecule has 3 rings (SSSR count). The molecule has 7 heteroatoms. The van der Waals surface area contributed by atoms with Gasteiger partial charge < -0.3 is 19.0 Å². The van der Waals surface area contributed by atoms with Gasteiger partial charge in [-0.05, 0) is 31.2 Å². The topological polar surface area (TPSA) is 63.0 Å². The smallest absolute Gasteiger partial charge is 0.289 e. The lowest BCUT2D eigenvalue weighted by atomic mass is 10.2. The van der Waals surface area contributed by atoms with E-state index in [4.69, 9.17) is 20.8 Å². The molecule has 2 heterocycles. The Hall–Kier alpha value is -2.47. The van der Waals surface area contributed by atoms with Crippen molar-refractivity contribution in [2.45, 2.75) is 13.0 Å². The number of ether oxygens (including phenoxy) is 1. The third-order valence-corrected chi connectivity index (χ3v) is 4.41. The zero-order valence-electron chi connectivity index (χ0n) is 13.9. The van der Waals surface area contributed by atoms with Gasteiger partial charge in [0.05, 0.1) is 11.3 Å². The molecule has 25 heavy (non-hydrogen) atoms. The Morgan fingerprint density at radius 1 is 1.08 bits per heavy atom. The highest BCUT2D eigenvalue weighted by Crippen LogP contribution is 2.24. The highest BCUT2D eigenvalue weighted by atomic mass is 35.5. The van der Waals surface area contributed by atoms with Gasteiger partial charge in [0.2, 0.25) is 0 Å². The van der Waals surface area contributed by atoms with E-state index in [2.05, 4.69) is 0 Å². The molecule has 1 atom stereocenters. The van der Waals surface area contributed by atoms with Gasteiger partial charge in [0, 0.05) is 26.2 Å². The number of furan rings is 1. The molecule has 0 aliphatic carbocycles. The second-order valence-corrected chi connectivity index (χ2v) is 6.19. The van der Waals surface area contributed by atoms with Crippen LogP contribution in [0.2, 0.25) is 5.02 Å². The van der Waals surface area contributed by atoms with E-state index in [1.54, 1.807) is 53.1 Å². The number of piperazine rings is 1. The van der Waals surface area contributed by atoms with E-state index in [0.29, 0.717) is 42.7 Å². The van der Waals surface area contributed by atoms with Crippen LogP contribution in [0.1, 0.15) is 17.5 Å². The molecule has 0 N–H and O–H groups in total. The minimum Gasteiger partial charge on any atom is -0.479 e. The molecule has 2 aromatic rings. The van der Waals surface area contributed by atoms with Crippen LogP contribution in [0, 0.1) is 0 Å². The van der Waals surface area contributed by atoms with Crippen molar-refractivity contribution < 1.29 is 18.7 Å². The predicted octanol–water partition coefficient (Wildman–Crippen LogP) is 2.68. The van der Waals surface area contributed by atoms with Gasteiger partial charge in [0.25, 0.3) is 11.8 Å². The van der Waals surface area contributed by atoms with Crippen LogP contribution in [-0.2, 0) is 4.79 Å². The van der Waals surface area contributed by atoms with Crippen molar-refractivity contribution in [3.05, 3.63) is 53.4 Å². The number of benzene rings is 1. The highest BCUT2D eigenvalue weighted by Gasteiger charge is 2.29. The first-order valence-corrected chi connectivity index (χ1v) is 8.47. The van der Waals surface area contributed by atoms with E-state index in [1.807, 2.05) is 0 Å². The number of carbonyl (C=O) groups excluding carboxylic acids is 2. The van der Waals surface area contributed by atoms with Crippen LogP contribution in [0.15, 0.2) is 47.1 Å². The fraction of sp³-hybridized carbons (Fsp3) is 0.333. The summed E-state index contributed by atoms with van der Waals surface area (Å²) in [4.78, 5) is 28.2. The molecule has 2 amide bonds. The number of amides is 2. The van der Waals surface area contributed by atoms with Crippen molar-refractivity contribution in [3.8, 4) is 5.75 Å². The summed E-state index contributed by atoms with van der Waals surface area (Å²) < 4.78 is 10.8. The molecule has 6 nitrogen and oxygen atoms in total. The van der Waals surface area contributed by atoms with Crippen molar-refractivity contribution in [3.63, 3.8) is 0 Å². The molecule has 1 saturated heterocycles. The Labute approximate surface area is 150 Å². The molecule has 132 valence electrons. The van der Waals surface area contributed by atoms with Crippen molar-refractivity contribution in [2.24, 2.45) is 0 Å². The number of nitrogens with zero attached hydrogens (tertiary/aromatic N) is 2. The van der Waals surface area contributed by atoms with Gasteiger partial charge >= 0.3 is 0 Å². The lowest BCUT2D eigenvalue weighted by molar-refractivity contribution is -0.139. The third-order valence-electron chi connectivity index (χ3n) is 4.10. The fourth-order valence-electron chi connectivity index (χ4n) is 2.72. The van der Waals surface area contributed by atoms with Gasteiger partial charge in [0.1, 0.15) is 5.75 Å². The Kier molecular flexibility index (Phi) is 5.28. The summed E-state index contributed by atoms with van der Waals surface area (Å²) >= 11 is 6.06. The monoisotopic (exact) mass is 362 g/mol. The van der Waals surface area contributed by atoms with Crippen molar-refractivity contribution in [1.29, 1.82) is 0 Å². The SMILES string of the molecule is C[C@H](Oc1ccccc1Cl)C(=O)N1CCN(C(=O)c2ccco2)CC1. The van der Waals surface area contributed by atoms with Crippen LogP contribution in [0.4, 0.5) is 0 Å². The average Bonchev–Trinajstić information content (AvgIpc) is 3.17. The first kappa shape index (κ1) is 17.4. The molecule has 0 spiro atoms. The van der Waals surface area contributed by atoms with Crippen molar-refractivity contribution >= 4 is 23.4 Å². The molecule has 1 aliphatic rings. The van der Waals surface area contributed by atoms with Gasteiger partial charge in [-0.1, -0.05) is 23.7 Å². The lowest BCUT2D eigenvalue weighted by Crippen LogP contribution is -2.53. The summed E-state index contributed by atoms with van der Waals surface area (Å²) in [5, 5.41) is 0.469. The minimum absolute atomic E-state index is 0.120. The second kappa shape index (κ2) is 7.61. The van der Waals surface area contributed by atoms with Crippen LogP contribution < -0.4 is 4.74 Å². The standard InChI is InChI=1S/C18H19ClN2O4/c1-13(25-15-6-3-2-5-14(15)19)17(22)20-8-10-21(11-9-20)18(23)16-7-4-12-24-16/h2-7,12-13H,8-11H2,1H3/t13-/m0/s1. The summed E-state index contributed by atoms with van der Waals surface area (Å²) in [6, 6.07) is 10.4. The van der Waals surface area contributed by atoms with E-state index < -0.39 is 6.10 Å². The maximum Gasteiger partial charge on any atom is 0.289 e. The summed E-state index contributed by atoms with van der Waals surface area (Å²) in [5.41, 5.74) is 0. The minimum atomic E-state index is -0.646. The second-order valence-electron chi connectivity index (χ2n) is 5.79. The van der Waals surface area contributed by atoms with Crippen LogP contribution in [0.25, 0.3) is 0 Å². The molecular formula is C18H19ClN2O4. The normalized spacial score (nSPS) is 15.8. The number of carbonyl (C=O) groups is 2. The van der Waals surface area contributed by atoms with Gasteiger partial charge in [-0.25, -0.2) is 0 Å². The predicted molar refractivity (Wildman–Crippen MR) is 92.7 cm³/mol. The number of para-hydroxylation sites is 1. The molecular weight excluding hydrogens is 344 g/mol. The molecule has 0 bridgehead atoms. The van der Waals surface area contributed by atoms with E-state index in [0.717, 1.165) is 0 Å². The summed E-state index contributed by atoms with van der Waals surface area (Å²) in [6.45, 7) is 3.54. The molecule has 1 fully saturated rings. The fourth-order valence-corrected chi connectivity index (χ4v) is 2.90. The largest absolute Gasteiger partial charge is 0.479 e. The van der Waals surface area contributed by atoms with Crippen molar-refractivity contribution in [2.75, 3.05) is 26.2 Å². The maximum absolute atomic E-state index is 12.6. The lowest BCUT2D eigenvalue weighted by Gasteiger charge is -2.35. The number of halogens is 1.